The molecule has 0 bridgehead atoms. The van der Waals surface area contributed by atoms with Crippen molar-refractivity contribution in [2.75, 3.05) is 0 Å². The van der Waals surface area contributed by atoms with E-state index in [0.717, 1.165) is 11.3 Å². The molecule has 3 nitrogen and oxygen atoms in total. The summed E-state index contributed by atoms with van der Waals surface area (Å²) in [5.41, 5.74) is 3.40. The van der Waals surface area contributed by atoms with Gasteiger partial charge in [-0.3, -0.25) is 0 Å². The number of nitrogens with zero attached hydrogens (tertiary/aromatic N) is 3. The van der Waals surface area contributed by atoms with Crippen LogP contribution in [-0.2, 0) is 0 Å². The van der Waals surface area contributed by atoms with Gasteiger partial charge in [-0.25, -0.2) is 4.68 Å². The normalized spacial score (nSPS) is 12.3. The van der Waals surface area contributed by atoms with Crippen LogP contribution >= 0.6 is 0 Å². The van der Waals surface area contributed by atoms with Gasteiger partial charge in [-0.1, -0.05) is 65.9 Å². The predicted molar refractivity (Wildman–Crippen MR) is 75.7 cm³/mol. The Bertz CT molecular complexity index is 644. The third kappa shape index (κ3) is 2.27. The summed E-state index contributed by atoms with van der Waals surface area (Å²) in [5, 5.41) is 8.29. The van der Waals surface area contributed by atoms with Gasteiger partial charge in [0.15, 0.2) is 0 Å². The average molecular weight is 249 g/mol. The molecule has 1 heterocycles. The third-order valence-electron chi connectivity index (χ3n) is 3.29. The summed E-state index contributed by atoms with van der Waals surface area (Å²) in [6.45, 7) is 2.14. The standard InChI is InChI=1S/C16H15N3/c1-13(14-8-4-2-5-9-14)19-16(12-17-18-19)15-10-6-3-7-11-15/h2-13H,1H3. The van der Waals surface area contributed by atoms with Crippen LogP contribution in [-0.4, -0.2) is 15.0 Å². The van der Waals surface area contributed by atoms with Crippen molar-refractivity contribution in [1.82, 2.24) is 15.0 Å². The topological polar surface area (TPSA) is 30.7 Å². The lowest BCUT2D eigenvalue weighted by molar-refractivity contribution is 0.548. The van der Waals surface area contributed by atoms with Crippen LogP contribution in [0.25, 0.3) is 11.3 Å². The van der Waals surface area contributed by atoms with Crippen LogP contribution in [0.5, 0.6) is 0 Å². The summed E-state index contributed by atoms with van der Waals surface area (Å²) < 4.78 is 1.96. The Balaban J connectivity index is 2.01. The van der Waals surface area contributed by atoms with Crippen molar-refractivity contribution in [3.05, 3.63) is 72.4 Å². The van der Waals surface area contributed by atoms with Crippen molar-refractivity contribution in [3.8, 4) is 11.3 Å². The van der Waals surface area contributed by atoms with Crippen molar-refractivity contribution in [3.63, 3.8) is 0 Å². The fourth-order valence-corrected chi connectivity index (χ4v) is 2.22. The first kappa shape index (κ1) is 11.7. The highest BCUT2D eigenvalue weighted by Crippen LogP contribution is 2.24. The van der Waals surface area contributed by atoms with E-state index in [4.69, 9.17) is 0 Å². The van der Waals surface area contributed by atoms with Crippen LogP contribution in [0.1, 0.15) is 18.5 Å². The number of hydrogen-bond donors (Lipinski definition) is 0. The predicted octanol–water partition coefficient (Wildman–Crippen LogP) is 3.55. The molecule has 3 aromatic rings. The van der Waals surface area contributed by atoms with Gasteiger partial charge in [-0.05, 0) is 12.5 Å². The van der Waals surface area contributed by atoms with Gasteiger partial charge in [0, 0.05) is 5.56 Å². The minimum absolute atomic E-state index is 0.166. The highest BCUT2D eigenvalue weighted by Gasteiger charge is 2.13. The van der Waals surface area contributed by atoms with Crippen molar-refractivity contribution in [2.45, 2.75) is 13.0 Å². The molecule has 0 aliphatic rings. The first-order valence-corrected chi connectivity index (χ1v) is 6.37. The molecule has 0 amide bonds. The van der Waals surface area contributed by atoms with Crippen LogP contribution < -0.4 is 0 Å². The maximum Gasteiger partial charge on any atom is 0.0892 e. The first-order valence-electron chi connectivity index (χ1n) is 6.37. The zero-order chi connectivity index (χ0) is 13.1. The smallest absolute Gasteiger partial charge is 0.0892 e. The molecule has 0 saturated heterocycles. The van der Waals surface area contributed by atoms with E-state index >= 15 is 0 Å². The van der Waals surface area contributed by atoms with Gasteiger partial charge in [-0.2, -0.15) is 0 Å². The Morgan fingerprint density at radius 1 is 0.895 bits per heavy atom. The largest absolute Gasteiger partial charge is 0.237 e. The number of hydrogen-bond acceptors (Lipinski definition) is 2. The lowest BCUT2D eigenvalue weighted by atomic mass is 10.1. The lowest BCUT2D eigenvalue weighted by Gasteiger charge is -2.15. The summed E-state index contributed by atoms with van der Waals surface area (Å²) in [7, 11) is 0. The van der Waals surface area contributed by atoms with Crippen molar-refractivity contribution >= 4 is 0 Å². The molecule has 0 aliphatic carbocycles. The van der Waals surface area contributed by atoms with Crippen molar-refractivity contribution in [2.24, 2.45) is 0 Å². The van der Waals surface area contributed by atoms with Crippen LogP contribution in [0.4, 0.5) is 0 Å². The molecule has 3 heteroatoms. The zero-order valence-electron chi connectivity index (χ0n) is 10.8. The van der Waals surface area contributed by atoms with Gasteiger partial charge in [0.2, 0.25) is 0 Å². The van der Waals surface area contributed by atoms with Gasteiger partial charge < -0.3 is 0 Å². The second-order valence-electron chi connectivity index (χ2n) is 4.52. The van der Waals surface area contributed by atoms with E-state index in [2.05, 4.69) is 41.5 Å². The molecule has 3 rings (SSSR count). The fraction of sp³-hybridized carbons (Fsp3) is 0.125. The van der Waals surface area contributed by atoms with E-state index in [1.165, 1.54) is 5.56 Å². The molecule has 1 atom stereocenters. The average Bonchev–Trinajstić information content (AvgIpc) is 2.98. The zero-order valence-corrected chi connectivity index (χ0v) is 10.8. The molecule has 0 saturated carbocycles. The molecule has 0 fully saturated rings. The number of aromatic nitrogens is 3. The van der Waals surface area contributed by atoms with E-state index in [0.29, 0.717) is 0 Å². The number of benzene rings is 2. The van der Waals surface area contributed by atoms with E-state index in [-0.39, 0.29) is 6.04 Å². The maximum atomic E-state index is 4.24. The monoisotopic (exact) mass is 249 g/mol. The molecule has 0 spiro atoms. The van der Waals surface area contributed by atoms with Gasteiger partial charge in [0.1, 0.15) is 0 Å². The summed E-state index contributed by atoms with van der Waals surface area (Å²) in [6, 6.07) is 20.7. The highest BCUT2D eigenvalue weighted by molar-refractivity contribution is 5.58. The summed E-state index contributed by atoms with van der Waals surface area (Å²) in [5.74, 6) is 0. The molecular weight excluding hydrogens is 234 g/mol. The highest BCUT2D eigenvalue weighted by atomic mass is 15.4. The Kier molecular flexibility index (Phi) is 3.11. The summed E-state index contributed by atoms with van der Waals surface area (Å²) in [4.78, 5) is 0. The molecule has 1 unspecified atom stereocenters. The summed E-state index contributed by atoms with van der Waals surface area (Å²) in [6.07, 6.45) is 1.81. The minimum Gasteiger partial charge on any atom is -0.237 e. The Hall–Kier alpha value is -2.42. The third-order valence-corrected chi connectivity index (χ3v) is 3.29. The second kappa shape index (κ2) is 5.06. The van der Waals surface area contributed by atoms with Gasteiger partial charge in [0.05, 0.1) is 17.9 Å². The molecule has 19 heavy (non-hydrogen) atoms. The molecule has 2 aromatic carbocycles. The Morgan fingerprint density at radius 2 is 1.53 bits per heavy atom. The SMILES string of the molecule is CC(c1ccccc1)n1nncc1-c1ccccc1. The first-order chi connectivity index (χ1) is 9.36. The van der Waals surface area contributed by atoms with E-state index in [1.54, 1.807) is 0 Å². The quantitative estimate of drug-likeness (QED) is 0.710. The number of rotatable bonds is 3. The lowest BCUT2D eigenvalue weighted by Crippen LogP contribution is -2.10. The second-order valence-corrected chi connectivity index (χ2v) is 4.52. The van der Waals surface area contributed by atoms with Crippen LogP contribution in [0.3, 0.4) is 0 Å². The van der Waals surface area contributed by atoms with E-state index in [9.17, 15) is 0 Å². The van der Waals surface area contributed by atoms with Crippen molar-refractivity contribution < 1.29 is 0 Å². The van der Waals surface area contributed by atoms with Gasteiger partial charge >= 0.3 is 0 Å². The molecule has 0 radical (unpaired) electrons. The van der Waals surface area contributed by atoms with Crippen LogP contribution in [0, 0.1) is 0 Å². The molecule has 1 aromatic heterocycles. The van der Waals surface area contributed by atoms with E-state index in [1.807, 2.05) is 47.3 Å². The van der Waals surface area contributed by atoms with E-state index < -0.39 is 0 Å². The van der Waals surface area contributed by atoms with Gasteiger partial charge in [-0.15, -0.1) is 5.10 Å². The molecule has 0 N–H and O–H groups in total. The molecule has 0 aliphatic heterocycles. The van der Waals surface area contributed by atoms with Crippen LogP contribution in [0.15, 0.2) is 66.9 Å². The Morgan fingerprint density at radius 3 is 2.21 bits per heavy atom. The molecular formula is C16H15N3. The molecule has 94 valence electrons. The fourth-order valence-electron chi connectivity index (χ4n) is 2.22. The maximum absolute atomic E-state index is 4.24. The van der Waals surface area contributed by atoms with Crippen molar-refractivity contribution in [1.29, 1.82) is 0 Å². The van der Waals surface area contributed by atoms with Gasteiger partial charge in [0.25, 0.3) is 0 Å². The van der Waals surface area contributed by atoms with Crippen LogP contribution in [0.2, 0.25) is 0 Å². The minimum atomic E-state index is 0.166. The Labute approximate surface area is 112 Å². The summed E-state index contributed by atoms with van der Waals surface area (Å²) >= 11 is 0.